The normalized spacial score (nSPS) is 9.00. The first-order valence-corrected chi connectivity index (χ1v) is 2.99. The summed E-state index contributed by atoms with van der Waals surface area (Å²) in [7, 11) is 0. The molecular weight excluding hydrogens is 162 g/mol. The molecule has 0 spiro atoms. The molecule has 6 heteroatoms. The number of rotatable bonds is 2. The molecule has 2 N–H and O–H groups in total. The van der Waals surface area contributed by atoms with Gasteiger partial charge in [0, 0.05) is 6.20 Å². The van der Waals surface area contributed by atoms with E-state index in [1.54, 1.807) is 0 Å². The van der Waals surface area contributed by atoms with Crippen molar-refractivity contribution in [3.05, 3.63) is 28.8 Å². The fourth-order valence-electron chi connectivity index (χ4n) is 0.662. The van der Waals surface area contributed by atoms with Crippen LogP contribution in [0.25, 0.3) is 0 Å². The average Bonchev–Trinajstić information content (AvgIpc) is 2.05. The largest absolute Gasteiger partial charge is 0.384 e. The van der Waals surface area contributed by atoms with Crippen LogP contribution in [0.2, 0.25) is 0 Å². The molecule has 0 saturated heterocycles. The van der Waals surface area contributed by atoms with Crippen LogP contribution in [0, 0.1) is 4.91 Å². The molecule has 1 heterocycles. The maximum atomic E-state index is 10.8. The minimum absolute atomic E-state index is 0.141. The lowest BCUT2D eigenvalue weighted by Gasteiger charge is -1.95. The third-order valence-corrected chi connectivity index (χ3v) is 1.14. The Balaban J connectivity index is 2.87. The maximum Gasteiger partial charge on any atom is 0.369 e. The lowest BCUT2D eigenvalue weighted by atomic mass is 10.3. The monoisotopic (exact) mass is 167 g/mol. The second kappa shape index (κ2) is 3.42. The Morgan fingerprint density at radius 2 is 2.42 bits per heavy atom. The first-order chi connectivity index (χ1) is 5.74. The van der Waals surface area contributed by atoms with E-state index in [1.165, 1.54) is 18.3 Å². The topological polar surface area (TPSA) is 94.6 Å². The van der Waals surface area contributed by atoms with Crippen LogP contribution in [0.1, 0.15) is 10.4 Å². The van der Waals surface area contributed by atoms with E-state index < -0.39 is 5.97 Å². The summed E-state index contributed by atoms with van der Waals surface area (Å²) >= 11 is 0. The van der Waals surface area contributed by atoms with Crippen molar-refractivity contribution in [2.45, 2.75) is 0 Å². The number of aromatic nitrogens is 1. The molecule has 1 rings (SSSR count). The third kappa shape index (κ3) is 1.75. The van der Waals surface area contributed by atoms with Gasteiger partial charge in [0.1, 0.15) is 5.82 Å². The van der Waals surface area contributed by atoms with Crippen LogP contribution in [0.15, 0.2) is 23.7 Å². The fraction of sp³-hybridized carbons (Fsp3) is 0. The smallest absolute Gasteiger partial charge is 0.369 e. The second-order valence-corrected chi connectivity index (χ2v) is 1.92. The summed E-state index contributed by atoms with van der Waals surface area (Å²) in [5, 5.41) is 1.98. The molecule has 0 aromatic carbocycles. The summed E-state index contributed by atoms with van der Waals surface area (Å²) in [5.74, 6) is -0.672. The van der Waals surface area contributed by atoms with E-state index in [-0.39, 0.29) is 11.4 Å². The summed E-state index contributed by atoms with van der Waals surface area (Å²) in [4.78, 5) is 27.8. The van der Waals surface area contributed by atoms with E-state index in [9.17, 15) is 9.70 Å². The van der Waals surface area contributed by atoms with Crippen molar-refractivity contribution < 1.29 is 9.63 Å². The van der Waals surface area contributed by atoms with E-state index in [4.69, 9.17) is 5.73 Å². The number of hydrogen-bond donors (Lipinski definition) is 1. The molecule has 62 valence electrons. The number of nitrogen functional groups attached to an aromatic ring is 1. The van der Waals surface area contributed by atoms with Crippen LogP contribution >= 0.6 is 0 Å². The highest BCUT2D eigenvalue weighted by Gasteiger charge is 2.07. The first-order valence-electron chi connectivity index (χ1n) is 2.99. The zero-order valence-electron chi connectivity index (χ0n) is 5.93. The van der Waals surface area contributed by atoms with E-state index >= 15 is 0 Å². The van der Waals surface area contributed by atoms with E-state index in [2.05, 4.69) is 9.82 Å². The van der Waals surface area contributed by atoms with Gasteiger partial charge in [0.15, 0.2) is 5.34 Å². The van der Waals surface area contributed by atoms with Gasteiger partial charge in [0.2, 0.25) is 0 Å². The van der Waals surface area contributed by atoms with Gasteiger partial charge in [-0.15, -0.1) is 4.91 Å². The molecule has 0 saturated carbocycles. The maximum absolute atomic E-state index is 10.8. The van der Waals surface area contributed by atoms with Crippen LogP contribution < -0.4 is 5.73 Å². The number of carbonyl (C=O) groups excluding carboxylic acids is 1. The Labute approximate surface area is 67.3 Å². The SMILES string of the molecule is Nc1cc(C(=O)ON=O)ccn1. The minimum Gasteiger partial charge on any atom is -0.384 e. The van der Waals surface area contributed by atoms with Gasteiger partial charge in [0.05, 0.1) is 5.56 Å². The van der Waals surface area contributed by atoms with E-state index in [0.29, 0.717) is 0 Å². The van der Waals surface area contributed by atoms with Crippen molar-refractivity contribution >= 4 is 11.8 Å². The van der Waals surface area contributed by atoms with Gasteiger partial charge < -0.3 is 5.73 Å². The predicted molar refractivity (Wildman–Crippen MR) is 39.9 cm³/mol. The van der Waals surface area contributed by atoms with Crippen LogP contribution in [-0.4, -0.2) is 11.0 Å². The second-order valence-electron chi connectivity index (χ2n) is 1.92. The zero-order chi connectivity index (χ0) is 8.97. The van der Waals surface area contributed by atoms with Crippen molar-refractivity contribution in [3.8, 4) is 0 Å². The average molecular weight is 167 g/mol. The molecule has 1 aromatic heterocycles. The van der Waals surface area contributed by atoms with Gasteiger partial charge in [0.25, 0.3) is 0 Å². The molecular formula is C6H5N3O3. The van der Waals surface area contributed by atoms with Crippen LogP contribution in [0.3, 0.4) is 0 Å². The molecule has 0 bridgehead atoms. The molecule has 0 atom stereocenters. The van der Waals surface area contributed by atoms with Crippen molar-refractivity contribution in [2.24, 2.45) is 5.34 Å². The van der Waals surface area contributed by atoms with Crippen LogP contribution in [0.4, 0.5) is 5.82 Å². The van der Waals surface area contributed by atoms with Gasteiger partial charge in [-0.05, 0) is 12.1 Å². The van der Waals surface area contributed by atoms with Crippen LogP contribution in [0.5, 0.6) is 0 Å². The Morgan fingerprint density at radius 1 is 1.67 bits per heavy atom. The number of anilines is 1. The highest BCUT2D eigenvalue weighted by atomic mass is 16.7. The van der Waals surface area contributed by atoms with Crippen molar-refractivity contribution in [1.29, 1.82) is 0 Å². The van der Waals surface area contributed by atoms with Crippen LogP contribution in [-0.2, 0) is 4.84 Å². The highest BCUT2D eigenvalue weighted by molar-refractivity contribution is 5.89. The molecule has 0 unspecified atom stereocenters. The molecule has 1 aromatic rings. The summed E-state index contributed by atoms with van der Waals surface area (Å²) in [6.07, 6.45) is 1.33. The van der Waals surface area contributed by atoms with Crippen molar-refractivity contribution in [2.75, 3.05) is 5.73 Å². The number of nitrogens with zero attached hydrogens (tertiary/aromatic N) is 2. The highest BCUT2D eigenvalue weighted by Crippen LogP contribution is 2.04. The zero-order valence-corrected chi connectivity index (χ0v) is 5.93. The van der Waals surface area contributed by atoms with Crippen molar-refractivity contribution in [1.82, 2.24) is 4.98 Å². The number of pyridine rings is 1. The lowest BCUT2D eigenvalue weighted by molar-refractivity contribution is 0.0508. The fourth-order valence-corrected chi connectivity index (χ4v) is 0.662. The molecule has 6 nitrogen and oxygen atoms in total. The van der Waals surface area contributed by atoms with Gasteiger partial charge in [-0.25, -0.2) is 9.78 Å². The summed E-state index contributed by atoms with van der Waals surface area (Å²) in [6.45, 7) is 0. The van der Waals surface area contributed by atoms with Crippen molar-refractivity contribution in [3.63, 3.8) is 0 Å². The van der Waals surface area contributed by atoms with Gasteiger partial charge in [-0.3, -0.25) is 4.84 Å². The molecule has 0 aliphatic carbocycles. The quantitative estimate of drug-likeness (QED) is 0.511. The Bertz CT molecular complexity index is 313. The molecule has 0 radical (unpaired) electrons. The Hall–Kier alpha value is -1.98. The van der Waals surface area contributed by atoms with Gasteiger partial charge in [-0.2, -0.15) is 0 Å². The summed E-state index contributed by atoms with van der Waals surface area (Å²) < 4.78 is 0. The third-order valence-electron chi connectivity index (χ3n) is 1.14. The Morgan fingerprint density at radius 3 is 3.00 bits per heavy atom. The number of carbonyl (C=O) groups is 1. The summed E-state index contributed by atoms with van der Waals surface area (Å²) in [5.41, 5.74) is 5.41. The number of hydrogen-bond acceptors (Lipinski definition) is 6. The van der Waals surface area contributed by atoms with Gasteiger partial charge >= 0.3 is 5.97 Å². The molecule has 12 heavy (non-hydrogen) atoms. The van der Waals surface area contributed by atoms with E-state index in [0.717, 1.165) is 0 Å². The first kappa shape index (κ1) is 8.12. The summed E-state index contributed by atoms with van der Waals surface area (Å²) in [6, 6.07) is 2.65. The predicted octanol–water partition coefficient (Wildman–Crippen LogP) is 0.502. The van der Waals surface area contributed by atoms with Gasteiger partial charge in [-0.1, -0.05) is 0 Å². The molecule has 0 aliphatic heterocycles. The standard InChI is InChI=1S/C6H5N3O3/c7-5-3-4(1-2-8-5)6(10)12-9-11/h1-3H,(H2,7,8). The Kier molecular flexibility index (Phi) is 2.32. The lowest BCUT2D eigenvalue weighted by Crippen LogP contribution is -2.01. The molecule has 0 aliphatic rings. The molecule has 0 fully saturated rings. The molecule has 0 amide bonds. The number of nitrogens with two attached hydrogens (primary N) is 1. The van der Waals surface area contributed by atoms with E-state index in [1.807, 2.05) is 5.34 Å². The minimum atomic E-state index is -0.848.